The minimum Gasteiger partial charge on any atom is -0.327 e. The molecule has 0 amide bonds. The lowest BCUT2D eigenvalue weighted by Crippen LogP contribution is -1.99. The Morgan fingerprint density at radius 2 is 2.50 bits per heavy atom. The number of aromatic nitrogens is 1. The monoisotopic (exact) mass is 218 g/mol. The van der Waals surface area contributed by atoms with Gasteiger partial charge in [-0.3, -0.25) is 0 Å². The first-order valence-electron chi connectivity index (χ1n) is 3.14. The molecule has 1 fully saturated rings. The zero-order valence-corrected chi connectivity index (χ0v) is 7.65. The van der Waals surface area contributed by atoms with Crippen molar-refractivity contribution < 1.29 is 0 Å². The van der Waals surface area contributed by atoms with E-state index in [0.29, 0.717) is 12.0 Å². The summed E-state index contributed by atoms with van der Waals surface area (Å²) < 4.78 is 0.960. The molecule has 2 unspecified atom stereocenters. The van der Waals surface area contributed by atoms with Gasteiger partial charge < -0.3 is 5.73 Å². The Balaban J connectivity index is 2.20. The first kappa shape index (κ1) is 6.76. The molecule has 2 N–H and O–H groups in total. The van der Waals surface area contributed by atoms with Gasteiger partial charge in [0, 0.05) is 23.0 Å². The summed E-state index contributed by atoms with van der Waals surface area (Å²) in [6.45, 7) is 0. The molecule has 1 aliphatic rings. The third-order valence-electron chi connectivity index (χ3n) is 1.70. The maximum atomic E-state index is 5.67. The molecule has 10 heavy (non-hydrogen) atoms. The van der Waals surface area contributed by atoms with Gasteiger partial charge >= 0.3 is 0 Å². The van der Waals surface area contributed by atoms with Gasteiger partial charge in [0.05, 0.1) is 0 Å². The molecule has 2 nitrogen and oxygen atoms in total. The van der Waals surface area contributed by atoms with E-state index in [-0.39, 0.29) is 0 Å². The van der Waals surface area contributed by atoms with E-state index in [4.69, 9.17) is 5.73 Å². The van der Waals surface area contributed by atoms with Crippen molar-refractivity contribution >= 4 is 27.3 Å². The van der Waals surface area contributed by atoms with Gasteiger partial charge in [-0.2, -0.15) is 0 Å². The summed E-state index contributed by atoms with van der Waals surface area (Å²) in [6.07, 6.45) is 3.04. The largest absolute Gasteiger partial charge is 0.327 e. The lowest BCUT2D eigenvalue weighted by molar-refractivity contribution is 1.00. The minimum absolute atomic E-state index is 0.396. The molecule has 54 valence electrons. The fraction of sp³-hybridized carbons (Fsp3) is 0.500. The fourth-order valence-electron chi connectivity index (χ4n) is 0.978. The zero-order valence-electron chi connectivity index (χ0n) is 5.25. The van der Waals surface area contributed by atoms with Crippen molar-refractivity contribution in [3.8, 4) is 0 Å². The summed E-state index contributed by atoms with van der Waals surface area (Å²) in [6, 6.07) is 0.396. The first-order chi connectivity index (χ1) is 4.77. The van der Waals surface area contributed by atoms with E-state index in [0.717, 1.165) is 10.3 Å². The molecular weight excluding hydrogens is 212 g/mol. The highest BCUT2D eigenvalue weighted by molar-refractivity contribution is 9.11. The number of thiazole rings is 1. The third-order valence-corrected chi connectivity index (χ3v) is 3.31. The van der Waals surface area contributed by atoms with E-state index >= 15 is 0 Å². The van der Waals surface area contributed by atoms with Crippen LogP contribution in [0.25, 0.3) is 0 Å². The average molecular weight is 219 g/mol. The molecule has 2 rings (SSSR count). The predicted molar refractivity (Wildman–Crippen MR) is 45.1 cm³/mol. The van der Waals surface area contributed by atoms with Gasteiger partial charge in [-0.15, -0.1) is 11.3 Å². The highest BCUT2D eigenvalue weighted by atomic mass is 79.9. The van der Waals surface area contributed by atoms with Crippen LogP contribution in [-0.4, -0.2) is 11.0 Å². The Morgan fingerprint density at radius 3 is 2.90 bits per heavy atom. The lowest BCUT2D eigenvalue weighted by Gasteiger charge is -1.85. The van der Waals surface area contributed by atoms with Crippen molar-refractivity contribution in [1.29, 1.82) is 0 Å². The molecule has 0 aromatic carbocycles. The zero-order chi connectivity index (χ0) is 7.14. The van der Waals surface area contributed by atoms with E-state index in [2.05, 4.69) is 20.9 Å². The molecule has 0 spiro atoms. The van der Waals surface area contributed by atoms with Crippen LogP contribution in [0.15, 0.2) is 10.1 Å². The molecule has 1 aromatic heterocycles. The van der Waals surface area contributed by atoms with Gasteiger partial charge in [0.2, 0.25) is 0 Å². The van der Waals surface area contributed by atoms with Crippen LogP contribution in [0, 0.1) is 0 Å². The maximum Gasteiger partial charge on any atom is 0.159 e. The fourth-order valence-corrected chi connectivity index (χ4v) is 2.47. The van der Waals surface area contributed by atoms with Crippen LogP contribution in [0.3, 0.4) is 0 Å². The molecule has 2 atom stereocenters. The molecular formula is C6H7BrN2S. The lowest BCUT2D eigenvalue weighted by atomic mass is 10.4. The molecule has 0 bridgehead atoms. The number of halogens is 1. The van der Waals surface area contributed by atoms with E-state index in [1.165, 1.54) is 4.88 Å². The number of hydrogen-bond donors (Lipinski definition) is 1. The highest BCUT2D eigenvalue weighted by Crippen LogP contribution is 2.42. The second-order valence-corrected chi connectivity index (χ2v) is 4.86. The Kier molecular flexibility index (Phi) is 1.55. The molecule has 4 heteroatoms. The van der Waals surface area contributed by atoms with Crippen molar-refractivity contribution in [1.82, 2.24) is 4.98 Å². The molecule has 1 saturated carbocycles. The third kappa shape index (κ3) is 1.11. The smallest absolute Gasteiger partial charge is 0.159 e. The van der Waals surface area contributed by atoms with Crippen molar-refractivity contribution in [3.63, 3.8) is 0 Å². The van der Waals surface area contributed by atoms with Crippen LogP contribution >= 0.6 is 27.3 Å². The van der Waals surface area contributed by atoms with E-state index < -0.39 is 0 Å². The Labute approximate surface area is 71.6 Å². The second-order valence-electron chi connectivity index (χ2n) is 2.52. The summed E-state index contributed by atoms with van der Waals surface area (Å²) in [7, 11) is 0. The van der Waals surface area contributed by atoms with E-state index in [1.807, 2.05) is 6.20 Å². The average Bonchev–Trinajstić information content (AvgIpc) is 2.42. The number of hydrogen-bond acceptors (Lipinski definition) is 3. The SMILES string of the molecule is NC1CC1c1cnc(Br)s1. The van der Waals surface area contributed by atoms with Gasteiger partial charge in [0.1, 0.15) is 0 Å². The van der Waals surface area contributed by atoms with Crippen LogP contribution in [0.1, 0.15) is 17.2 Å². The van der Waals surface area contributed by atoms with Crippen LogP contribution in [0.5, 0.6) is 0 Å². The van der Waals surface area contributed by atoms with Gasteiger partial charge in [0.15, 0.2) is 3.92 Å². The summed E-state index contributed by atoms with van der Waals surface area (Å²) >= 11 is 5.00. The quantitative estimate of drug-likeness (QED) is 0.780. The Hall–Kier alpha value is 0.0700. The molecule has 1 aliphatic carbocycles. The van der Waals surface area contributed by atoms with Crippen molar-refractivity contribution in [2.24, 2.45) is 5.73 Å². The van der Waals surface area contributed by atoms with Crippen LogP contribution < -0.4 is 5.73 Å². The molecule has 1 heterocycles. The summed E-state index contributed by atoms with van der Waals surface area (Å²) in [5.74, 6) is 0.601. The van der Waals surface area contributed by atoms with Gasteiger partial charge in [-0.1, -0.05) is 0 Å². The standard InChI is InChI=1S/C6H7BrN2S/c7-6-9-2-5(10-6)3-1-4(3)8/h2-4H,1,8H2. The Morgan fingerprint density at radius 1 is 1.80 bits per heavy atom. The van der Waals surface area contributed by atoms with Crippen molar-refractivity contribution in [2.75, 3.05) is 0 Å². The second kappa shape index (κ2) is 2.29. The highest BCUT2D eigenvalue weighted by Gasteiger charge is 2.36. The molecule has 0 radical (unpaired) electrons. The molecule has 1 aromatic rings. The number of rotatable bonds is 1. The van der Waals surface area contributed by atoms with Crippen LogP contribution in [-0.2, 0) is 0 Å². The predicted octanol–water partition coefficient (Wildman–Crippen LogP) is 1.72. The van der Waals surface area contributed by atoms with Gasteiger partial charge in [-0.25, -0.2) is 4.98 Å². The number of nitrogens with zero attached hydrogens (tertiary/aromatic N) is 1. The van der Waals surface area contributed by atoms with Crippen LogP contribution in [0.2, 0.25) is 0 Å². The van der Waals surface area contributed by atoms with Crippen molar-refractivity contribution in [2.45, 2.75) is 18.4 Å². The number of nitrogens with two attached hydrogens (primary N) is 1. The maximum absolute atomic E-state index is 5.67. The summed E-state index contributed by atoms with van der Waals surface area (Å²) in [5, 5.41) is 0. The molecule has 0 aliphatic heterocycles. The summed E-state index contributed by atoms with van der Waals surface area (Å²) in [4.78, 5) is 5.41. The Bertz CT molecular complexity index is 248. The molecule has 0 saturated heterocycles. The normalized spacial score (nSPS) is 30.6. The van der Waals surface area contributed by atoms with Gasteiger partial charge in [0.25, 0.3) is 0 Å². The van der Waals surface area contributed by atoms with Crippen molar-refractivity contribution in [3.05, 3.63) is 15.0 Å². The first-order valence-corrected chi connectivity index (χ1v) is 4.75. The summed E-state index contributed by atoms with van der Waals surface area (Å²) in [5.41, 5.74) is 5.67. The van der Waals surface area contributed by atoms with Crippen LogP contribution in [0.4, 0.5) is 0 Å². The van der Waals surface area contributed by atoms with E-state index in [1.54, 1.807) is 11.3 Å². The minimum atomic E-state index is 0.396. The topological polar surface area (TPSA) is 38.9 Å². The van der Waals surface area contributed by atoms with Gasteiger partial charge in [-0.05, 0) is 22.4 Å². The van der Waals surface area contributed by atoms with E-state index in [9.17, 15) is 0 Å².